The minimum absolute atomic E-state index is 0.0125. The molecule has 0 bridgehead atoms. The van der Waals surface area contributed by atoms with Crippen LogP contribution < -0.4 is 5.32 Å². The summed E-state index contributed by atoms with van der Waals surface area (Å²) in [5.41, 5.74) is 3.35. The van der Waals surface area contributed by atoms with Gasteiger partial charge in [-0.3, -0.25) is 4.79 Å². The number of amides is 1. The lowest BCUT2D eigenvalue weighted by Gasteiger charge is -2.35. The zero-order valence-electron chi connectivity index (χ0n) is 18.7. The van der Waals surface area contributed by atoms with Gasteiger partial charge in [0.1, 0.15) is 0 Å². The summed E-state index contributed by atoms with van der Waals surface area (Å²) >= 11 is 3.53. The molecule has 33 heavy (non-hydrogen) atoms. The van der Waals surface area contributed by atoms with E-state index in [0.29, 0.717) is 6.42 Å². The Morgan fingerprint density at radius 1 is 0.727 bits per heavy atom. The van der Waals surface area contributed by atoms with Crippen molar-refractivity contribution in [1.29, 1.82) is 0 Å². The van der Waals surface area contributed by atoms with Crippen molar-refractivity contribution in [2.45, 2.75) is 31.2 Å². The number of nitrogens with one attached hydrogen (secondary N) is 1. The van der Waals surface area contributed by atoms with Crippen LogP contribution in [0.3, 0.4) is 0 Å². The van der Waals surface area contributed by atoms with E-state index in [1.807, 2.05) is 66.7 Å². The van der Waals surface area contributed by atoms with Crippen LogP contribution >= 0.6 is 15.9 Å². The molecule has 0 unspecified atom stereocenters. The molecule has 0 aromatic heterocycles. The Morgan fingerprint density at radius 2 is 1.18 bits per heavy atom. The first kappa shape index (κ1) is 23.0. The monoisotopic (exact) mass is 497 g/mol. The zero-order valence-corrected chi connectivity index (χ0v) is 20.3. The standard InChI is InChI=1S/C30H28BrNO/c1-2-22-30(25-14-8-4-9-15-25,26-16-10-5-11-17-26)29(33)32-28(23-12-6-3-7-13-23)24-18-20-27(31)21-19-24/h3-21,28H,2,22H2,1H3,(H,32,33)/t28-/m1/s1. The summed E-state index contributed by atoms with van der Waals surface area (Å²) in [5.74, 6) is 0.0125. The molecule has 0 spiro atoms. The van der Waals surface area contributed by atoms with Gasteiger partial charge in [-0.25, -0.2) is 0 Å². The Bertz CT molecular complexity index is 1120. The van der Waals surface area contributed by atoms with Crippen molar-refractivity contribution in [1.82, 2.24) is 5.32 Å². The maximum atomic E-state index is 14.4. The Morgan fingerprint density at radius 3 is 1.67 bits per heavy atom. The number of halogens is 1. The van der Waals surface area contributed by atoms with E-state index in [1.165, 1.54) is 0 Å². The van der Waals surface area contributed by atoms with E-state index in [2.05, 4.69) is 76.7 Å². The molecule has 0 saturated carbocycles. The first-order valence-corrected chi connectivity index (χ1v) is 12.2. The van der Waals surface area contributed by atoms with E-state index in [-0.39, 0.29) is 11.9 Å². The summed E-state index contributed by atoms with van der Waals surface area (Å²) in [6.07, 6.45) is 1.60. The molecular weight excluding hydrogens is 470 g/mol. The number of benzene rings is 4. The minimum Gasteiger partial charge on any atom is -0.344 e. The van der Waals surface area contributed by atoms with Gasteiger partial charge in [0.25, 0.3) is 0 Å². The highest BCUT2D eigenvalue weighted by atomic mass is 79.9. The van der Waals surface area contributed by atoms with Gasteiger partial charge < -0.3 is 5.32 Å². The summed E-state index contributed by atoms with van der Waals surface area (Å²) in [7, 11) is 0. The molecule has 0 aliphatic rings. The molecule has 0 radical (unpaired) electrons. The fourth-order valence-electron chi connectivity index (χ4n) is 4.57. The van der Waals surface area contributed by atoms with Gasteiger partial charge in [-0.15, -0.1) is 0 Å². The van der Waals surface area contributed by atoms with Gasteiger partial charge >= 0.3 is 0 Å². The highest BCUT2D eigenvalue weighted by Crippen LogP contribution is 2.38. The highest BCUT2D eigenvalue weighted by Gasteiger charge is 2.42. The average Bonchev–Trinajstić information content (AvgIpc) is 2.88. The van der Waals surface area contributed by atoms with Gasteiger partial charge in [0.05, 0.1) is 11.5 Å². The number of hydrogen-bond donors (Lipinski definition) is 1. The molecule has 0 heterocycles. The van der Waals surface area contributed by atoms with Crippen LogP contribution in [0.25, 0.3) is 0 Å². The summed E-state index contributed by atoms with van der Waals surface area (Å²) in [4.78, 5) is 14.4. The molecule has 1 amide bonds. The number of carbonyl (C=O) groups is 1. The van der Waals surface area contributed by atoms with Crippen molar-refractivity contribution in [2.24, 2.45) is 0 Å². The number of hydrogen-bond acceptors (Lipinski definition) is 1. The third-order valence-electron chi connectivity index (χ3n) is 6.16. The summed E-state index contributed by atoms with van der Waals surface area (Å²) in [6, 6.07) is 38.4. The molecule has 2 nitrogen and oxygen atoms in total. The fourth-order valence-corrected chi connectivity index (χ4v) is 4.83. The van der Waals surface area contributed by atoms with Crippen LogP contribution in [-0.2, 0) is 10.2 Å². The lowest BCUT2D eigenvalue weighted by atomic mass is 9.70. The van der Waals surface area contributed by atoms with E-state index in [4.69, 9.17) is 0 Å². The van der Waals surface area contributed by atoms with E-state index in [0.717, 1.165) is 33.1 Å². The molecule has 166 valence electrons. The molecule has 1 atom stereocenters. The van der Waals surface area contributed by atoms with Crippen LogP contribution in [0, 0.1) is 0 Å². The molecule has 0 aliphatic heterocycles. The quantitative estimate of drug-likeness (QED) is 0.269. The molecular formula is C30H28BrNO. The van der Waals surface area contributed by atoms with Gasteiger partial charge in [-0.1, -0.05) is 132 Å². The Labute approximate surface area is 204 Å². The smallest absolute Gasteiger partial charge is 0.235 e. The topological polar surface area (TPSA) is 29.1 Å². The molecule has 0 fully saturated rings. The van der Waals surface area contributed by atoms with Crippen molar-refractivity contribution < 1.29 is 4.79 Å². The summed E-state index contributed by atoms with van der Waals surface area (Å²) in [6.45, 7) is 2.14. The third-order valence-corrected chi connectivity index (χ3v) is 6.69. The van der Waals surface area contributed by atoms with E-state index in [9.17, 15) is 4.79 Å². The molecule has 0 saturated heterocycles. The van der Waals surface area contributed by atoms with Crippen LogP contribution in [0.15, 0.2) is 120 Å². The third kappa shape index (κ3) is 4.94. The molecule has 0 aliphatic carbocycles. The van der Waals surface area contributed by atoms with Crippen LogP contribution in [0.2, 0.25) is 0 Å². The second-order valence-electron chi connectivity index (χ2n) is 8.26. The Balaban J connectivity index is 1.83. The number of carbonyl (C=O) groups excluding carboxylic acids is 1. The summed E-state index contributed by atoms with van der Waals surface area (Å²) < 4.78 is 1.01. The van der Waals surface area contributed by atoms with Gasteiger partial charge in [0.2, 0.25) is 5.91 Å². The predicted molar refractivity (Wildman–Crippen MR) is 139 cm³/mol. The van der Waals surface area contributed by atoms with Crippen LogP contribution in [0.4, 0.5) is 0 Å². The predicted octanol–water partition coefficient (Wildman–Crippen LogP) is 7.44. The van der Waals surface area contributed by atoms with Crippen molar-refractivity contribution in [2.75, 3.05) is 0 Å². The fraction of sp³-hybridized carbons (Fsp3) is 0.167. The molecule has 4 aromatic rings. The second kappa shape index (κ2) is 10.6. The van der Waals surface area contributed by atoms with Gasteiger partial charge in [-0.2, -0.15) is 0 Å². The average molecular weight is 498 g/mol. The van der Waals surface area contributed by atoms with Crippen molar-refractivity contribution in [3.8, 4) is 0 Å². The van der Waals surface area contributed by atoms with Crippen molar-refractivity contribution >= 4 is 21.8 Å². The van der Waals surface area contributed by atoms with E-state index in [1.54, 1.807) is 0 Å². The molecule has 3 heteroatoms. The summed E-state index contributed by atoms with van der Waals surface area (Å²) in [5, 5.41) is 3.44. The molecule has 1 N–H and O–H groups in total. The van der Waals surface area contributed by atoms with Crippen molar-refractivity contribution in [3.05, 3.63) is 142 Å². The largest absolute Gasteiger partial charge is 0.344 e. The van der Waals surface area contributed by atoms with Gasteiger partial charge in [-0.05, 0) is 40.8 Å². The lowest BCUT2D eigenvalue weighted by Crippen LogP contribution is -2.46. The van der Waals surface area contributed by atoms with Crippen LogP contribution in [0.5, 0.6) is 0 Å². The van der Waals surface area contributed by atoms with Crippen LogP contribution in [0.1, 0.15) is 48.1 Å². The van der Waals surface area contributed by atoms with Crippen molar-refractivity contribution in [3.63, 3.8) is 0 Å². The first-order valence-electron chi connectivity index (χ1n) is 11.4. The zero-order chi connectivity index (χ0) is 23.1. The normalized spacial score (nSPS) is 12.2. The van der Waals surface area contributed by atoms with Gasteiger partial charge in [0.15, 0.2) is 0 Å². The van der Waals surface area contributed by atoms with E-state index < -0.39 is 5.41 Å². The molecule has 4 rings (SSSR count). The first-order chi connectivity index (χ1) is 16.1. The minimum atomic E-state index is -0.778. The Hall–Kier alpha value is -3.17. The van der Waals surface area contributed by atoms with Gasteiger partial charge in [0, 0.05) is 4.47 Å². The van der Waals surface area contributed by atoms with Crippen LogP contribution in [-0.4, -0.2) is 5.91 Å². The number of rotatable bonds is 8. The maximum absolute atomic E-state index is 14.4. The maximum Gasteiger partial charge on any atom is 0.235 e. The Kier molecular flexibility index (Phi) is 7.41. The van der Waals surface area contributed by atoms with E-state index >= 15 is 0 Å². The lowest BCUT2D eigenvalue weighted by molar-refractivity contribution is -0.126. The highest BCUT2D eigenvalue weighted by molar-refractivity contribution is 9.10. The second-order valence-corrected chi connectivity index (χ2v) is 9.17. The SMILES string of the molecule is CCCC(C(=O)N[C@H](c1ccccc1)c1ccc(Br)cc1)(c1ccccc1)c1ccccc1. The molecule has 4 aromatic carbocycles.